The lowest BCUT2D eigenvalue weighted by atomic mass is 9.87. The highest BCUT2D eigenvalue weighted by atomic mass is 19.1. The van der Waals surface area contributed by atoms with E-state index in [2.05, 4.69) is 19.2 Å². The lowest BCUT2D eigenvalue weighted by Crippen LogP contribution is -2.22. The van der Waals surface area contributed by atoms with Gasteiger partial charge < -0.3 is 10.4 Å². The summed E-state index contributed by atoms with van der Waals surface area (Å²) in [5.74, 6) is -2.52. The van der Waals surface area contributed by atoms with E-state index in [9.17, 15) is 18.7 Å². The molecule has 1 aromatic heterocycles. The van der Waals surface area contributed by atoms with Gasteiger partial charge in [-0.15, -0.1) is 0 Å². The SMILES string of the molecule is CCC(C)c1cc(C(CNC=O)c2ccccc2)nc(-c2cc(O)c(F)cc2F)c1C. The van der Waals surface area contributed by atoms with Crippen molar-refractivity contribution >= 4 is 6.41 Å². The number of carbonyl (C=O) groups is 1. The van der Waals surface area contributed by atoms with Gasteiger partial charge in [-0.1, -0.05) is 44.2 Å². The number of rotatable bonds is 8. The van der Waals surface area contributed by atoms with Gasteiger partial charge in [-0.2, -0.15) is 0 Å². The summed E-state index contributed by atoms with van der Waals surface area (Å²) in [6, 6.07) is 13.4. The van der Waals surface area contributed by atoms with E-state index in [0.717, 1.165) is 29.2 Å². The fourth-order valence-electron chi connectivity index (χ4n) is 3.79. The van der Waals surface area contributed by atoms with Crippen molar-refractivity contribution in [3.05, 3.63) is 82.5 Å². The number of pyridine rings is 1. The van der Waals surface area contributed by atoms with Crippen LogP contribution in [0.2, 0.25) is 0 Å². The first-order chi connectivity index (χ1) is 14.9. The molecule has 0 aliphatic heterocycles. The Morgan fingerprint density at radius 3 is 2.48 bits per heavy atom. The molecular formula is C25H26F2N2O2. The maximum Gasteiger partial charge on any atom is 0.207 e. The molecule has 0 aliphatic carbocycles. The number of halogens is 2. The topological polar surface area (TPSA) is 62.2 Å². The van der Waals surface area contributed by atoms with Crippen LogP contribution in [0.25, 0.3) is 11.3 Å². The third-order valence-corrected chi connectivity index (χ3v) is 5.73. The molecule has 1 heterocycles. The quantitative estimate of drug-likeness (QED) is 0.474. The zero-order valence-corrected chi connectivity index (χ0v) is 17.8. The summed E-state index contributed by atoms with van der Waals surface area (Å²) in [6.07, 6.45) is 1.50. The molecule has 0 radical (unpaired) electrons. The molecule has 2 aromatic carbocycles. The van der Waals surface area contributed by atoms with Crippen LogP contribution in [0, 0.1) is 18.6 Å². The van der Waals surface area contributed by atoms with Crippen molar-refractivity contribution in [3.8, 4) is 17.0 Å². The Morgan fingerprint density at radius 1 is 1.13 bits per heavy atom. The summed E-state index contributed by atoms with van der Waals surface area (Å²) in [6.45, 7) is 6.32. The third-order valence-electron chi connectivity index (χ3n) is 5.73. The van der Waals surface area contributed by atoms with Crippen molar-refractivity contribution < 1.29 is 18.7 Å². The molecule has 31 heavy (non-hydrogen) atoms. The number of hydrogen-bond donors (Lipinski definition) is 2. The highest BCUT2D eigenvalue weighted by Crippen LogP contribution is 2.36. The number of nitrogens with one attached hydrogen (secondary N) is 1. The highest BCUT2D eigenvalue weighted by Gasteiger charge is 2.23. The molecular weight excluding hydrogens is 398 g/mol. The lowest BCUT2D eigenvalue weighted by Gasteiger charge is -2.23. The van der Waals surface area contributed by atoms with E-state index < -0.39 is 17.4 Å². The zero-order chi connectivity index (χ0) is 22.5. The van der Waals surface area contributed by atoms with Crippen LogP contribution in [0.3, 0.4) is 0 Å². The number of phenolic OH excluding ortho intramolecular Hbond substituents is 1. The van der Waals surface area contributed by atoms with E-state index in [1.807, 2.05) is 43.3 Å². The van der Waals surface area contributed by atoms with Crippen LogP contribution in [-0.2, 0) is 4.79 Å². The van der Waals surface area contributed by atoms with Gasteiger partial charge in [0.2, 0.25) is 6.41 Å². The maximum absolute atomic E-state index is 14.7. The van der Waals surface area contributed by atoms with Gasteiger partial charge in [-0.3, -0.25) is 9.78 Å². The molecule has 2 atom stereocenters. The number of aromatic nitrogens is 1. The minimum Gasteiger partial charge on any atom is -0.505 e. The summed E-state index contributed by atoms with van der Waals surface area (Å²) >= 11 is 0. The molecule has 2 N–H and O–H groups in total. The fraction of sp³-hybridized carbons (Fsp3) is 0.280. The molecule has 2 unspecified atom stereocenters. The highest BCUT2D eigenvalue weighted by molar-refractivity contribution is 5.67. The first kappa shape index (κ1) is 22.4. The van der Waals surface area contributed by atoms with Gasteiger partial charge in [0, 0.05) is 24.1 Å². The van der Waals surface area contributed by atoms with Crippen LogP contribution in [0.5, 0.6) is 5.75 Å². The van der Waals surface area contributed by atoms with Crippen LogP contribution >= 0.6 is 0 Å². The molecule has 0 fully saturated rings. The molecule has 0 bridgehead atoms. The summed E-state index contributed by atoms with van der Waals surface area (Å²) in [4.78, 5) is 15.8. The van der Waals surface area contributed by atoms with Crippen molar-refractivity contribution in [2.45, 2.75) is 39.0 Å². The average molecular weight is 424 g/mol. The molecule has 0 spiro atoms. The number of nitrogens with zero attached hydrogens (tertiary/aromatic N) is 1. The average Bonchev–Trinajstić information content (AvgIpc) is 2.77. The number of amides is 1. The molecule has 162 valence electrons. The number of hydrogen-bond acceptors (Lipinski definition) is 3. The van der Waals surface area contributed by atoms with E-state index >= 15 is 0 Å². The van der Waals surface area contributed by atoms with Crippen LogP contribution in [-0.4, -0.2) is 23.0 Å². The van der Waals surface area contributed by atoms with Crippen molar-refractivity contribution in [3.63, 3.8) is 0 Å². The molecule has 3 aromatic rings. The van der Waals surface area contributed by atoms with Gasteiger partial charge >= 0.3 is 0 Å². The molecule has 0 saturated heterocycles. The Kier molecular flexibility index (Phi) is 7.00. The van der Waals surface area contributed by atoms with E-state index in [0.29, 0.717) is 30.4 Å². The first-order valence-electron chi connectivity index (χ1n) is 10.3. The summed E-state index contributed by atoms with van der Waals surface area (Å²) in [5, 5.41) is 12.6. The smallest absolute Gasteiger partial charge is 0.207 e. The Hall–Kier alpha value is -3.28. The van der Waals surface area contributed by atoms with E-state index in [1.54, 1.807) is 0 Å². The Morgan fingerprint density at radius 2 is 1.84 bits per heavy atom. The minimum absolute atomic E-state index is 0.0398. The number of aromatic hydroxyl groups is 1. The van der Waals surface area contributed by atoms with Crippen molar-refractivity contribution in [2.75, 3.05) is 6.54 Å². The van der Waals surface area contributed by atoms with E-state index in [-0.39, 0.29) is 17.4 Å². The van der Waals surface area contributed by atoms with Crippen molar-refractivity contribution in [2.24, 2.45) is 0 Å². The lowest BCUT2D eigenvalue weighted by molar-refractivity contribution is -0.109. The summed E-state index contributed by atoms with van der Waals surface area (Å²) in [5.41, 5.74) is 3.79. The van der Waals surface area contributed by atoms with Crippen molar-refractivity contribution in [1.82, 2.24) is 10.3 Å². The monoisotopic (exact) mass is 424 g/mol. The van der Waals surface area contributed by atoms with Gasteiger partial charge in [0.25, 0.3) is 0 Å². The third kappa shape index (κ3) is 4.74. The predicted octanol–water partition coefficient (Wildman–Crippen LogP) is 5.43. The molecule has 0 saturated carbocycles. The van der Waals surface area contributed by atoms with Crippen LogP contribution in [0.1, 0.15) is 54.5 Å². The maximum atomic E-state index is 14.7. The van der Waals surface area contributed by atoms with Gasteiger partial charge in [0.1, 0.15) is 5.82 Å². The van der Waals surface area contributed by atoms with Gasteiger partial charge in [-0.25, -0.2) is 8.78 Å². The van der Waals surface area contributed by atoms with Gasteiger partial charge in [0.15, 0.2) is 11.6 Å². The molecule has 3 rings (SSSR count). The van der Waals surface area contributed by atoms with Crippen LogP contribution in [0.15, 0.2) is 48.5 Å². The van der Waals surface area contributed by atoms with E-state index in [1.165, 1.54) is 0 Å². The van der Waals surface area contributed by atoms with E-state index in [4.69, 9.17) is 4.98 Å². The standard InChI is InChI=1S/C25H26F2N2O2/c1-4-15(2)18-10-23(20(13-28-14-30)17-8-6-5-7-9-17)29-25(16(18)3)19-11-24(31)22(27)12-21(19)26/h5-12,14-15,20,31H,4,13H2,1-3H3,(H,28,30). The number of carbonyl (C=O) groups excluding carboxylic acids is 1. The molecule has 1 amide bonds. The second-order valence-corrected chi connectivity index (χ2v) is 7.69. The Balaban J connectivity index is 2.26. The second-order valence-electron chi connectivity index (χ2n) is 7.69. The van der Waals surface area contributed by atoms with Crippen molar-refractivity contribution in [1.29, 1.82) is 0 Å². The fourth-order valence-corrected chi connectivity index (χ4v) is 3.79. The molecule has 4 nitrogen and oxygen atoms in total. The number of phenols is 1. The largest absolute Gasteiger partial charge is 0.505 e. The minimum atomic E-state index is -1.02. The van der Waals surface area contributed by atoms with Crippen LogP contribution in [0.4, 0.5) is 8.78 Å². The molecule has 0 aliphatic rings. The second kappa shape index (κ2) is 9.69. The predicted molar refractivity (Wildman–Crippen MR) is 117 cm³/mol. The number of benzene rings is 2. The Labute approximate surface area is 181 Å². The normalized spacial score (nSPS) is 12.9. The van der Waals surface area contributed by atoms with Crippen LogP contribution < -0.4 is 5.32 Å². The molecule has 6 heteroatoms. The summed E-state index contributed by atoms with van der Waals surface area (Å²) in [7, 11) is 0. The summed E-state index contributed by atoms with van der Waals surface area (Å²) < 4.78 is 28.4. The first-order valence-corrected chi connectivity index (χ1v) is 10.3. The van der Waals surface area contributed by atoms with Gasteiger partial charge in [-0.05, 0) is 48.1 Å². The van der Waals surface area contributed by atoms with Gasteiger partial charge in [0.05, 0.1) is 11.4 Å². The zero-order valence-electron chi connectivity index (χ0n) is 17.8. The Bertz CT molecular complexity index is 1070.